The number of halogens is 2. The number of hydrogen-bond acceptors (Lipinski definition) is 4. The van der Waals surface area contributed by atoms with Crippen molar-refractivity contribution in [3.63, 3.8) is 0 Å². The minimum Gasteiger partial charge on any atom is -0.379 e. The number of aliphatic hydroxyl groups excluding tert-OH is 1. The van der Waals surface area contributed by atoms with E-state index in [0.717, 1.165) is 24.3 Å². The van der Waals surface area contributed by atoms with Gasteiger partial charge in [0.1, 0.15) is 11.6 Å². The number of imidazole rings is 1. The Hall–Kier alpha value is -2.22. The lowest BCUT2D eigenvalue weighted by Gasteiger charge is -2.27. The molecule has 0 saturated carbocycles. The summed E-state index contributed by atoms with van der Waals surface area (Å²) < 4.78 is 16.9. The minimum absolute atomic E-state index is 0.330. The van der Waals surface area contributed by atoms with Gasteiger partial charge in [0, 0.05) is 44.1 Å². The molecule has 1 aromatic carbocycles. The van der Waals surface area contributed by atoms with Crippen molar-refractivity contribution in [3.8, 4) is 0 Å². The number of aromatic nitrogens is 4. The molecule has 3 heterocycles. The highest BCUT2D eigenvalue weighted by Crippen LogP contribution is 2.25. The summed E-state index contributed by atoms with van der Waals surface area (Å²) in [6, 6.07) is 6.40. The molecular weight excluding hydrogens is 357 g/mol. The number of rotatable bonds is 4. The van der Waals surface area contributed by atoms with Crippen molar-refractivity contribution in [2.24, 2.45) is 7.05 Å². The van der Waals surface area contributed by atoms with Crippen molar-refractivity contribution in [2.75, 3.05) is 6.54 Å². The first kappa shape index (κ1) is 17.2. The molecule has 0 fully saturated rings. The van der Waals surface area contributed by atoms with Gasteiger partial charge in [0.25, 0.3) is 0 Å². The van der Waals surface area contributed by atoms with Crippen molar-refractivity contribution in [2.45, 2.75) is 25.7 Å². The van der Waals surface area contributed by atoms with Crippen LogP contribution in [0, 0.1) is 5.82 Å². The summed E-state index contributed by atoms with van der Waals surface area (Å²) in [4.78, 5) is 6.42. The van der Waals surface area contributed by atoms with E-state index in [1.165, 1.54) is 12.1 Å². The first-order valence-electron chi connectivity index (χ1n) is 8.39. The highest BCUT2D eigenvalue weighted by Gasteiger charge is 2.24. The zero-order valence-corrected chi connectivity index (χ0v) is 15.1. The molecule has 8 heteroatoms. The maximum atomic E-state index is 13.2. The molecule has 4 rings (SSSR count). The summed E-state index contributed by atoms with van der Waals surface area (Å²) in [5, 5.41) is 15.5. The molecule has 26 heavy (non-hydrogen) atoms. The average Bonchev–Trinajstić information content (AvgIpc) is 3.22. The van der Waals surface area contributed by atoms with E-state index in [4.69, 9.17) is 11.6 Å². The van der Waals surface area contributed by atoms with Gasteiger partial charge in [-0.05, 0) is 23.8 Å². The summed E-state index contributed by atoms with van der Waals surface area (Å²) in [5.74, 6) is 0.235. The molecule has 1 atom stereocenters. The molecule has 0 saturated heterocycles. The summed E-state index contributed by atoms with van der Waals surface area (Å²) in [6.07, 6.45) is 2.60. The van der Waals surface area contributed by atoms with E-state index >= 15 is 0 Å². The number of benzene rings is 1. The third-order valence-electron chi connectivity index (χ3n) is 4.69. The predicted octanol–water partition coefficient (Wildman–Crippen LogP) is 2.51. The zero-order valence-electron chi connectivity index (χ0n) is 14.3. The van der Waals surface area contributed by atoms with Crippen molar-refractivity contribution < 1.29 is 9.50 Å². The third-order valence-corrected chi connectivity index (χ3v) is 5.04. The number of fused-ring (bicyclic) bond motifs is 1. The van der Waals surface area contributed by atoms with Gasteiger partial charge in [-0.15, -0.1) is 0 Å². The number of hydrogen-bond donors (Lipinski definition) is 1. The van der Waals surface area contributed by atoms with Crippen LogP contribution in [0.15, 0.2) is 36.7 Å². The van der Waals surface area contributed by atoms with Crippen LogP contribution >= 0.6 is 11.6 Å². The van der Waals surface area contributed by atoms with E-state index in [2.05, 4.69) is 15.0 Å². The molecule has 0 amide bonds. The predicted molar refractivity (Wildman–Crippen MR) is 95.0 cm³/mol. The zero-order chi connectivity index (χ0) is 18.3. The van der Waals surface area contributed by atoms with Crippen LogP contribution < -0.4 is 0 Å². The number of aliphatic hydroxyl groups is 1. The fourth-order valence-electron chi connectivity index (χ4n) is 3.28. The van der Waals surface area contributed by atoms with Crippen molar-refractivity contribution >= 4 is 11.6 Å². The summed E-state index contributed by atoms with van der Waals surface area (Å²) in [7, 11) is 1.84. The molecule has 3 aromatic rings. The van der Waals surface area contributed by atoms with Gasteiger partial charge in [0.05, 0.1) is 17.9 Å². The Labute approximate surface area is 155 Å². The minimum atomic E-state index is -0.854. The molecule has 1 N–H and O–H groups in total. The molecule has 1 aliphatic rings. The van der Waals surface area contributed by atoms with Gasteiger partial charge in [-0.2, -0.15) is 5.10 Å². The molecule has 2 aromatic heterocycles. The van der Waals surface area contributed by atoms with E-state index < -0.39 is 6.10 Å². The molecule has 6 nitrogen and oxygen atoms in total. The van der Waals surface area contributed by atoms with Crippen LogP contribution in [0.5, 0.6) is 0 Å². The van der Waals surface area contributed by atoms with E-state index in [9.17, 15) is 9.50 Å². The van der Waals surface area contributed by atoms with Gasteiger partial charge in [0.15, 0.2) is 6.10 Å². The molecule has 136 valence electrons. The molecule has 0 unspecified atom stereocenters. The van der Waals surface area contributed by atoms with Crippen molar-refractivity contribution in [1.29, 1.82) is 0 Å². The number of aryl methyl sites for hydroxylation is 1. The first-order chi connectivity index (χ1) is 12.5. The van der Waals surface area contributed by atoms with Crippen molar-refractivity contribution in [3.05, 3.63) is 70.3 Å². The van der Waals surface area contributed by atoms with Gasteiger partial charge in [-0.3, -0.25) is 9.58 Å². The van der Waals surface area contributed by atoms with Gasteiger partial charge >= 0.3 is 0 Å². The Morgan fingerprint density at radius 2 is 2.15 bits per heavy atom. The normalized spacial score (nSPS) is 15.8. The lowest BCUT2D eigenvalue weighted by molar-refractivity contribution is 0.194. The van der Waals surface area contributed by atoms with Gasteiger partial charge in [0.2, 0.25) is 0 Å². The Kier molecular flexibility index (Phi) is 4.52. The fourth-order valence-corrected chi connectivity index (χ4v) is 3.50. The van der Waals surface area contributed by atoms with E-state index in [-0.39, 0.29) is 5.82 Å². The largest absolute Gasteiger partial charge is 0.379 e. The van der Waals surface area contributed by atoms with Crippen LogP contribution in [-0.4, -0.2) is 35.9 Å². The van der Waals surface area contributed by atoms with Crippen molar-refractivity contribution in [1.82, 2.24) is 24.2 Å². The molecule has 0 bridgehead atoms. The number of nitrogens with zero attached hydrogens (tertiary/aromatic N) is 5. The van der Waals surface area contributed by atoms with Crippen LogP contribution in [0.3, 0.4) is 0 Å². The van der Waals surface area contributed by atoms with Crippen LogP contribution in [-0.2, 0) is 26.7 Å². The smallest absolute Gasteiger partial charge is 0.155 e. The lowest BCUT2D eigenvalue weighted by atomic mass is 10.1. The molecule has 0 radical (unpaired) electrons. The second kappa shape index (κ2) is 6.83. The fraction of sp³-hybridized carbons (Fsp3) is 0.333. The Balaban J connectivity index is 1.51. The maximum absolute atomic E-state index is 13.2. The Morgan fingerprint density at radius 1 is 1.31 bits per heavy atom. The second-order valence-electron chi connectivity index (χ2n) is 6.53. The van der Waals surface area contributed by atoms with E-state index in [1.807, 2.05) is 17.8 Å². The Bertz CT molecular complexity index is 938. The van der Waals surface area contributed by atoms with Crippen LogP contribution in [0.4, 0.5) is 4.39 Å². The van der Waals surface area contributed by atoms with Gasteiger partial charge in [-0.25, -0.2) is 9.37 Å². The SMILES string of the molecule is Cn1ccnc1[C@H](O)c1cc2n(n1)CCN(Cc1ccc(F)cc1Cl)C2. The van der Waals surface area contributed by atoms with Crippen LogP contribution in [0.2, 0.25) is 5.02 Å². The average molecular weight is 376 g/mol. The highest BCUT2D eigenvalue weighted by molar-refractivity contribution is 6.31. The quantitative estimate of drug-likeness (QED) is 0.761. The molecule has 0 aliphatic carbocycles. The van der Waals surface area contributed by atoms with Crippen LogP contribution in [0.1, 0.15) is 28.9 Å². The molecule has 0 spiro atoms. The molecular formula is C18H19ClFN5O. The van der Waals surface area contributed by atoms with Gasteiger partial charge < -0.3 is 9.67 Å². The second-order valence-corrected chi connectivity index (χ2v) is 6.94. The topological polar surface area (TPSA) is 59.1 Å². The van der Waals surface area contributed by atoms with E-state index in [0.29, 0.717) is 29.6 Å². The first-order valence-corrected chi connectivity index (χ1v) is 8.77. The van der Waals surface area contributed by atoms with Crippen LogP contribution in [0.25, 0.3) is 0 Å². The standard InChI is InChI=1S/C18H19ClFN5O/c1-23-5-4-21-18(23)17(26)16-9-14-11-24(6-7-25(14)22-16)10-12-2-3-13(20)8-15(12)19/h2-5,8-9,17,26H,6-7,10-11H2,1H3/t17-/m1/s1. The Morgan fingerprint density at radius 3 is 2.88 bits per heavy atom. The maximum Gasteiger partial charge on any atom is 0.155 e. The lowest BCUT2D eigenvalue weighted by Crippen LogP contribution is -2.33. The monoisotopic (exact) mass is 375 g/mol. The summed E-state index contributed by atoms with van der Waals surface area (Å²) in [6.45, 7) is 2.86. The van der Waals surface area contributed by atoms with E-state index in [1.54, 1.807) is 23.0 Å². The summed E-state index contributed by atoms with van der Waals surface area (Å²) in [5.41, 5.74) is 2.52. The summed E-state index contributed by atoms with van der Waals surface area (Å²) >= 11 is 6.14. The van der Waals surface area contributed by atoms with Gasteiger partial charge in [-0.1, -0.05) is 17.7 Å². The highest BCUT2D eigenvalue weighted by atomic mass is 35.5. The molecule has 1 aliphatic heterocycles. The third kappa shape index (κ3) is 3.25.